The van der Waals surface area contributed by atoms with Gasteiger partial charge in [-0.3, -0.25) is 0 Å². The van der Waals surface area contributed by atoms with Crippen LogP contribution in [0.5, 0.6) is 0 Å². The van der Waals surface area contributed by atoms with E-state index in [1.54, 1.807) is 0 Å². The minimum Gasteiger partial charge on any atom is -0.307 e. The molecule has 0 radical (unpaired) electrons. The number of allylic oxidation sites excluding steroid dienone is 1. The van der Waals surface area contributed by atoms with Crippen LogP contribution >= 0.6 is 22.6 Å². The Morgan fingerprint density at radius 2 is 1.44 bits per heavy atom. The van der Waals surface area contributed by atoms with E-state index >= 15 is 0 Å². The van der Waals surface area contributed by atoms with E-state index in [1.807, 2.05) is 0 Å². The molecule has 0 amide bonds. The minimum atomic E-state index is -0.878. The summed E-state index contributed by atoms with van der Waals surface area (Å²) in [5.74, 6) is 10.0. The van der Waals surface area contributed by atoms with E-state index in [0.29, 0.717) is 23.5 Å². The molecular formula is C22H41BILi. The molecule has 0 N–H and O–H groups in total. The molecule has 0 saturated heterocycles. The van der Waals surface area contributed by atoms with Crippen molar-refractivity contribution in [1.29, 1.82) is 0 Å². The van der Waals surface area contributed by atoms with Crippen LogP contribution in [0.2, 0.25) is 11.6 Å². The maximum Gasteiger partial charge on any atom is 1.00 e. The second kappa shape index (κ2) is 12.2. The quantitative estimate of drug-likeness (QED) is 0.207. The second-order valence-electron chi connectivity index (χ2n) is 9.46. The number of hydrogen-bond acceptors (Lipinski definition) is 0. The van der Waals surface area contributed by atoms with E-state index in [4.69, 9.17) is 0 Å². The normalized spacial score (nSPS) is 17.4. The standard InChI is InChI=1S/C22H41BI.Li/c1-11-12-13-14-21(24)23(19(6)17(2)3,20(7)18(4)5)16-15-22(8,9)10;/h14,17-20H,11-13H2,1-10H3;/q-1;+1/b21-14-;. The molecule has 0 bridgehead atoms. The van der Waals surface area contributed by atoms with Gasteiger partial charge in [0.15, 0.2) is 0 Å². The van der Waals surface area contributed by atoms with Gasteiger partial charge >= 0.3 is 18.9 Å². The van der Waals surface area contributed by atoms with Crippen LogP contribution < -0.4 is 18.9 Å². The van der Waals surface area contributed by atoms with Gasteiger partial charge in [0.05, 0.1) is 0 Å². The molecule has 2 atom stereocenters. The fourth-order valence-corrected chi connectivity index (χ4v) is 5.10. The van der Waals surface area contributed by atoms with Crippen molar-refractivity contribution in [2.45, 2.75) is 100 Å². The molecule has 0 saturated carbocycles. The molecule has 0 nitrogen and oxygen atoms in total. The molecule has 0 rings (SSSR count). The first-order valence-electron chi connectivity index (χ1n) is 9.97. The van der Waals surface area contributed by atoms with Gasteiger partial charge in [0.2, 0.25) is 0 Å². The molecule has 0 aromatic heterocycles. The molecule has 0 aliphatic rings. The Morgan fingerprint density at radius 1 is 1.00 bits per heavy atom. The number of rotatable bonds is 8. The average molecular weight is 450 g/mol. The van der Waals surface area contributed by atoms with E-state index in [2.05, 4.69) is 110 Å². The average Bonchev–Trinajstić information content (AvgIpc) is 2.46. The molecule has 0 aromatic rings. The molecule has 0 aromatic carbocycles. The van der Waals surface area contributed by atoms with E-state index in [9.17, 15) is 0 Å². The van der Waals surface area contributed by atoms with Crippen LogP contribution in [0.3, 0.4) is 0 Å². The second-order valence-corrected chi connectivity index (χ2v) is 10.7. The van der Waals surface area contributed by atoms with Crippen molar-refractivity contribution >= 4 is 28.7 Å². The van der Waals surface area contributed by atoms with Crippen LogP contribution in [-0.2, 0) is 0 Å². The molecular weight excluding hydrogens is 409 g/mol. The maximum atomic E-state index is 3.90. The monoisotopic (exact) mass is 450 g/mol. The topological polar surface area (TPSA) is 0 Å². The predicted molar refractivity (Wildman–Crippen MR) is 123 cm³/mol. The van der Waals surface area contributed by atoms with Crippen LogP contribution in [0.15, 0.2) is 9.56 Å². The van der Waals surface area contributed by atoms with Gasteiger partial charge in [-0.15, -0.1) is 12.0 Å². The van der Waals surface area contributed by atoms with E-state index in [1.165, 1.54) is 22.7 Å². The zero-order valence-electron chi connectivity index (χ0n) is 19.0. The summed E-state index contributed by atoms with van der Waals surface area (Å²) >= 11 is 2.63. The van der Waals surface area contributed by atoms with E-state index < -0.39 is 6.15 Å². The maximum absolute atomic E-state index is 3.90. The molecule has 0 heterocycles. The Hall–Kier alpha value is 0.692. The first kappa shape index (κ1) is 27.9. The van der Waals surface area contributed by atoms with Crippen molar-refractivity contribution in [3.05, 3.63) is 9.56 Å². The van der Waals surface area contributed by atoms with E-state index in [0.717, 1.165) is 0 Å². The van der Waals surface area contributed by atoms with Gasteiger partial charge in [-0.1, -0.05) is 95.7 Å². The summed E-state index contributed by atoms with van der Waals surface area (Å²) in [5, 5.41) is 0. The number of halogens is 1. The van der Waals surface area contributed by atoms with Crippen molar-refractivity contribution < 1.29 is 18.9 Å². The Bertz CT molecular complexity index is 449. The minimum absolute atomic E-state index is 0. The zero-order chi connectivity index (χ0) is 19.1. The summed E-state index contributed by atoms with van der Waals surface area (Å²) < 4.78 is 1.53. The van der Waals surface area contributed by atoms with Crippen LogP contribution in [0.25, 0.3) is 0 Å². The first-order chi connectivity index (χ1) is 10.9. The fraction of sp³-hybridized carbons (Fsp3) is 0.818. The molecule has 0 aliphatic heterocycles. The van der Waals surface area contributed by atoms with Crippen LogP contribution in [0.4, 0.5) is 0 Å². The third-order valence-electron chi connectivity index (χ3n) is 5.80. The Kier molecular flexibility index (Phi) is 13.6. The summed E-state index contributed by atoms with van der Waals surface area (Å²) in [6, 6.07) is 0. The van der Waals surface area contributed by atoms with Gasteiger partial charge in [-0.05, 0) is 27.2 Å². The van der Waals surface area contributed by atoms with Crippen molar-refractivity contribution in [2.24, 2.45) is 17.3 Å². The van der Waals surface area contributed by atoms with Gasteiger partial charge in [0, 0.05) is 5.41 Å². The summed E-state index contributed by atoms with van der Waals surface area (Å²) in [5.41, 5.74) is 0.0563. The van der Waals surface area contributed by atoms with Gasteiger partial charge < -0.3 is 5.82 Å². The van der Waals surface area contributed by atoms with Crippen molar-refractivity contribution in [3.63, 3.8) is 0 Å². The van der Waals surface area contributed by atoms with Crippen molar-refractivity contribution in [2.75, 3.05) is 0 Å². The van der Waals surface area contributed by atoms with Gasteiger partial charge in [0.25, 0.3) is 0 Å². The third kappa shape index (κ3) is 8.49. The van der Waals surface area contributed by atoms with Crippen LogP contribution in [0, 0.1) is 29.0 Å². The Balaban J connectivity index is 0. The summed E-state index contributed by atoms with van der Waals surface area (Å²) in [6.07, 6.45) is 5.34. The molecule has 140 valence electrons. The van der Waals surface area contributed by atoms with E-state index in [-0.39, 0.29) is 24.3 Å². The zero-order valence-corrected chi connectivity index (χ0v) is 21.1. The third-order valence-corrected chi connectivity index (χ3v) is 7.27. The van der Waals surface area contributed by atoms with Gasteiger partial charge in [-0.2, -0.15) is 15.1 Å². The van der Waals surface area contributed by atoms with Gasteiger partial charge in [-0.25, -0.2) is 0 Å². The summed E-state index contributed by atoms with van der Waals surface area (Å²) in [4.78, 5) is 0. The fourth-order valence-electron chi connectivity index (χ4n) is 3.50. The van der Waals surface area contributed by atoms with Gasteiger partial charge in [0.1, 0.15) is 6.15 Å². The molecule has 0 aliphatic carbocycles. The Labute approximate surface area is 185 Å². The van der Waals surface area contributed by atoms with Crippen LogP contribution in [0.1, 0.15) is 88.5 Å². The number of hydrogen-bond donors (Lipinski definition) is 0. The van der Waals surface area contributed by atoms with Crippen LogP contribution in [-0.4, -0.2) is 6.15 Å². The van der Waals surface area contributed by atoms with Crippen molar-refractivity contribution in [3.8, 4) is 11.7 Å². The van der Waals surface area contributed by atoms with Crippen molar-refractivity contribution in [1.82, 2.24) is 0 Å². The molecule has 3 heteroatoms. The predicted octanol–water partition coefficient (Wildman–Crippen LogP) is 5.17. The smallest absolute Gasteiger partial charge is 0.307 e. The molecule has 25 heavy (non-hydrogen) atoms. The molecule has 0 fully saturated rings. The summed E-state index contributed by atoms with van der Waals surface area (Å²) in [6.45, 7) is 23.3. The molecule has 0 spiro atoms. The number of unbranched alkanes of at least 4 members (excludes halogenated alkanes) is 2. The summed E-state index contributed by atoms with van der Waals surface area (Å²) in [7, 11) is 0. The SMILES string of the molecule is CCCC/C=C(\I)[B-](C#CC(C)(C)C)(C(C)C(C)C)C(C)C(C)C.[Li+]. The Morgan fingerprint density at radius 3 is 1.76 bits per heavy atom. The largest absolute Gasteiger partial charge is 1.00 e. The molecule has 2 unspecified atom stereocenters. The first-order valence-corrected chi connectivity index (χ1v) is 11.0.